The number of rotatable bonds is 3. The average molecular weight is 470 g/mol. The molecule has 2 heterocycles. The Morgan fingerprint density at radius 1 is 0.909 bits per heavy atom. The molecule has 3 aromatic carbocycles. The zero-order chi connectivity index (χ0) is 23.2. The maximum absolute atomic E-state index is 13.9. The zero-order valence-corrected chi connectivity index (χ0v) is 18.8. The summed E-state index contributed by atoms with van der Waals surface area (Å²) >= 11 is 12.8. The maximum Gasteiger partial charge on any atom is 0.185 e. The van der Waals surface area contributed by atoms with Crippen LogP contribution in [0.4, 0.5) is 0 Å². The molecule has 160 valence electrons. The molecule has 0 amide bonds. The van der Waals surface area contributed by atoms with Crippen molar-refractivity contribution in [1.29, 1.82) is 10.5 Å². The minimum absolute atomic E-state index is 0.173. The Bertz CT molecular complexity index is 1360. The molecule has 33 heavy (non-hydrogen) atoms. The van der Waals surface area contributed by atoms with Crippen LogP contribution in [0.1, 0.15) is 39.0 Å². The molecule has 6 heteroatoms. The summed E-state index contributed by atoms with van der Waals surface area (Å²) in [6.45, 7) is 0. The predicted molar refractivity (Wildman–Crippen MR) is 127 cm³/mol. The number of fused-ring (bicyclic) bond motifs is 3. The Hall–Kier alpha value is -3.57. The highest BCUT2D eigenvalue weighted by molar-refractivity contribution is 6.35. The van der Waals surface area contributed by atoms with Crippen molar-refractivity contribution in [2.24, 2.45) is 5.41 Å². The van der Waals surface area contributed by atoms with E-state index in [-0.39, 0.29) is 5.78 Å². The second-order valence-corrected chi connectivity index (χ2v) is 9.05. The maximum atomic E-state index is 13.9. The first kappa shape index (κ1) is 21.3. The van der Waals surface area contributed by atoms with Gasteiger partial charge in [-0.25, -0.2) is 0 Å². The number of ketones is 1. The van der Waals surface area contributed by atoms with E-state index in [9.17, 15) is 15.3 Å². The van der Waals surface area contributed by atoms with Gasteiger partial charge in [0.05, 0.1) is 18.2 Å². The molecule has 2 aliphatic rings. The van der Waals surface area contributed by atoms with Crippen LogP contribution in [0.2, 0.25) is 10.0 Å². The van der Waals surface area contributed by atoms with Crippen LogP contribution in [0.15, 0.2) is 79.0 Å². The fourth-order valence-electron chi connectivity index (χ4n) is 5.17. The van der Waals surface area contributed by atoms with E-state index in [0.717, 1.165) is 11.1 Å². The molecule has 0 saturated carbocycles. The van der Waals surface area contributed by atoms with Crippen molar-refractivity contribution in [2.75, 3.05) is 0 Å². The number of benzene rings is 3. The van der Waals surface area contributed by atoms with Crippen LogP contribution in [0.5, 0.6) is 0 Å². The van der Waals surface area contributed by atoms with Gasteiger partial charge in [0.2, 0.25) is 0 Å². The number of hydrogen-bond donors (Lipinski definition) is 0. The minimum Gasteiger partial charge on any atom is -0.357 e. The highest BCUT2D eigenvalue weighted by Crippen LogP contribution is 2.60. The Morgan fingerprint density at radius 3 is 2.30 bits per heavy atom. The molecule has 0 bridgehead atoms. The van der Waals surface area contributed by atoms with Crippen LogP contribution >= 0.6 is 23.2 Å². The topological polar surface area (TPSA) is 67.9 Å². The van der Waals surface area contributed by atoms with E-state index in [1.165, 1.54) is 0 Å². The monoisotopic (exact) mass is 469 g/mol. The number of Topliss-reactive ketones (excluding diaryl/α,β-unsaturated/α-hetero) is 1. The molecule has 3 aromatic rings. The number of nitriles is 2. The number of carbonyl (C=O) groups is 1. The van der Waals surface area contributed by atoms with Gasteiger partial charge < -0.3 is 4.90 Å². The van der Waals surface area contributed by atoms with Crippen LogP contribution in [-0.4, -0.2) is 16.7 Å². The third kappa shape index (κ3) is 3.15. The van der Waals surface area contributed by atoms with Crippen molar-refractivity contribution in [1.82, 2.24) is 4.90 Å². The number of hydrogen-bond acceptors (Lipinski definition) is 4. The fraction of sp³-hybridized carbons (Fsp3) is 0.148. The van der Waals surface area contributed by atoms with Crippen LogP contribution < -0.4 is 0 Å². The number of halogens is 2. The van der Waals surface area contributed by atoms with E-state index in [4.69, 9.17) is 23.2 Å². The minimum atomic E-state index is -1.56. The van der Waals surface area contributed by atoms with Crippen LogP contribution in [0.3, 0.4) is 0 Å². The molecule has 1 fully saturated rings. The van der Waals surface area contributed by atoms with Gasteiger partial charge in [0.25, 0.3) is 0 Å². The molecule has 0 aromatic heterocycles. The second-order valence-electron chi connectivity index (χ2n) is 8.21. The van der Waals surface area contributed by atoms with Crippen LogP contribution in [0.25, 0.3) is 6.08 Å². The van der Waals surface area contributed by atoms with Crippen LogP contribution in [0, 0.1) is 28.1 Å². The normalized spacial score (nSPS) is 22.1. The van der Waals surface area contributed by atoms with Gasteiger partial charge >= 0.3 is 0 Å². The second kappa shape index (κ2) is 8.09. The van der Waals surface area contributed by atoms with E-state index in [0.29, 0.717) is 21.2 Å². The molecule has 3 atom stereocenters. The van der Waals surface area contributed by atoms with Gasteiger partial charge in [-0.2, -0.15) is 10.5 Å². The van der Waals surface area contributed by atoms with E-state index < -0.39 is 23.4 Å². The smallest absolute Gasteiger partial charge is 0.185 e. The van der Waals surface area contributed by atoms with E-state index in [2.05, 4.69) is 12.1 Å². The molecule has 0 radical (unpaired) electrons. The average Bonchev–Trinajstić information content (AvgIpc) is 3.15. The quantitative estimate of drug-likeness (QED) is 0.415. The summed E-state index contributed by atoms with van der Waals surface area (Å²) in [4.78, 5) is 15.8. The summed E-state index contributed by atoms with van der Waals surface area (Å²) in [5, 5.41) is 21.8. The van der Waals surface area contributed by atoms with Gasteiger partial charge in [0.15, 0.2) is 11.2 Å². The third-order valence-electron chi connectivity index (χ3n) is 6.57. The Labute approximate surface area is 201 Å². The van der Waals surface area contributed by atoms with E-state index >= 15 is 0 Å². The Kier molecular flexibility index (Phi) is 5.22. The van der Waals surface area contributed by atoms with Crippen molar-refractivity contribution in [3.63, 3.8) is 0 Å². The highest BCUT2D eigenvalue weighted by atomic mass is 35.5. The molecule has 1 saturated heterocycles. The molecule has 0 N–H and O–H groups in total. The van der Waals surface area contributed by atoms with Crippen molar-refractivity contribution < 1.29 is 4.79 Å². The van der Waals surface area contributed by atoms with Gasteiger partial charge in [-0.3, -0.25) is 4.79 Å². The van der Waals surface area contributed by atoms with Crippen molar-refractivity contribution >= 4 is 35.1 Å². The van der Waals surface area contributed by atoms with Crippen molar-refractivity contribution in [2.45, 2.75) is 18.0 Å². The lowest BCUT2D eigenvalue weighted by atomic mass is 9.67. The molecular formula is C27H17Cl2N3O. The van der Waals surface area contributed by atoms with E-state index in [1.807, 2.05) is 47.5 Å². The highest BCUT2D eigenvalue weighted by Gasteiger charge is 2.64. The first-order valence-corrected chi connectivity index (χ1v) is 11.2. The van der Waals surface area contributed by atoms with Gasteiger partial charge in [0.1, 0.15) is 6.04 Å². The van der Waals surface area contributed by atoms with Crippen LogP contribution in [-0.2, 0) is 0 Å². The summed E-state index contributed by atoms with van der Waals surface area (Å²) in [6.07, 6.45) is 3.74. The summed E-state index contributed by atoms with van der Waals surface area (Å²) < 4.78 is 0. The Balaban J connectivity index is 1.80. The lowest BCUT2D eigenvalue weighted by Crippen LogP contribution is -2.37. The van der Waals surface area contributed by atoms with Crippen molar-refractivity contribution in [3.05, 3.63) is 111 Å². The summed E-state index contributed by atoms with van der Waals surface area (Å²) in [5.74, 6) is -0.973. The molecule has 0 spiro atoms. The first-order valence-electron chi connectivity index (χ1n) is 10.4. The summed E-state index contributed by atoms with van der Waals surface area (Å²) in [6, 6.07) is 24.7. The van der Waals surface area contributed by atoms with Gasteiger partial charge in [-0.15, -0.1) is 0 Å². The standard InChI is InChI=1S/C27H17Cl2N3O/c28-19-10-11-21(22(29)14-19)23-24(25(33)18-7-2-1-3-8-18)32-13-12-17-6-4-5-9-20(17)26(32)27(23,15-30)16-31/h1-14,23-24,26H/t23-,24-,26+/m0/s1. The predicted octanol–water partition coefficient (Wildman–Crippen LogP) is 6.40. The number of carbonyl (C=O) groups excluding carboxylic acids is 1. The molecule has 4 nitrogen and oxygen atoms in total. The zero-order valence-electron chi connectivity index (χ0n) is 17.3. The number of nitrogens with zero attached hydrogens (tertiary/aromatic N) is 3. The van der Waals surface area contributed by atoms with Crippen molar-refractivity contribution in [3.8, 4) is 12.1 Å². The molecule has 5 rings (SSSR count). The lowest BCUT2D eigenvalue weighted by Gasteiger charge is -2.34. The lowest BCUT2D eigenvalue weighted by molar-refractivity contribution is 0.0875. The summed E-state index contributed by atoms with van der Waals surface area (Å²) in [5.41, 5.74) is 1.26. The Morgan fingerprint density at radius 2 is 1.61 bits per heavy atom. The SMILES string of the molecule is N#CC1(C#N)[C@@H](c2ccc(Cl)cc2Cl)[C@@H](C(=O)c2ccccc2)N2C=Cc3ccccc3[C@@H]21. The van der Waals surface area contributed by atoms with E-state index in [1.54, 1.807) is 42.5 Å². The summed E-state index contributed by atoms with van der Waals surface area (Å²) in [7, 11) is 0. The molecule has 0 unspecified atom stereocenters. The fourth-order valence-corrected chi connectivity index (χ4v) is 5.69. The molecule has 2 aliphatic heterocycles. The molecular weight excluding hydrogens is 453 g/mol. The van der Waals surface area contributed by atoms with Gasteiger partial charge in [-0.1, -0.05) is 83.9 Å². The largest absolute Gasteiger partial charge is 0.357 e. The molecule has 0 aliphatic carbocycles. The third-order valence-corrected chi connectivity index (χ3v) is 7.13. The van der Waals surface area contributed by atoms with Gasteiger partial charge in [0, 0.05) is 27.7 Å². The first-order chi connectivity index (χ1) is 16.0. The van der Waals surface area contributed by atoms with Gasteiger partial charge in [-0.05, 0) is 34.9 Å².